The van der Waals surface area contributed by atoms with Crippen LogP contribution in [-0.4, -0.2) is 40.7 Å². The Bertz CT molecular complexity index is 1070. The van der Waals surface area contributed by atoms with Gasteiger partial charge in [-0.25, -0.2) is 14.4 Å². The van der Waals surface area contributed by atoms with Gasteiger partial charge in [0.15, 0.2) is 11.0 Å². The summed E-state index contributed by atoms with van der Waals surface area (Å²) in [6.45, 7) is 1.97. The number of anilines is 1. The Morgan fingerprint density at radius 2 is 1.97 bits per heavy atom. The molecule has 3 aromatic rings. The van der Waals surface area contributed by atoms with E-state index in [4.69, 9.17) is 0 Å². The normalized spacial score (nSPS) is 23.0. The molecule has 30 heavy (non-hydrogen) atoms. The van der Waals surface area contributed by atoms with Crippen molar-refractivity contribution in [2.45, 2.75) is 4.75 Å². The summed E-state index contributed by atoms with van der Waals surface area (Å²) in [6.07, 6.45) is 2.38. The molecule has 2 aromatic heterocycles. The molecule has 0 unspecified atom stereocenters. The lowest BCUT2D eigenvalue weighted by molar-refractivity contribution is 0.0977. The van der Waals surface area contributed by atoms with Crippen LogP contribution in [0.15, 0.2) is 65.2 Å². The van der Waals surface area contributed by atoms with E-state index < -0.39 is 5.82 Å². The van der Waals surface area contributed by atoms with Crippen molar-refractivity contribution < 1.29 is 9.18 Å². The van der Waals surface area contributed by atoms with Gasteiger partial charge in [-0.15, -0.1) is 11.3 Å². The number of thiophene rings is 1. The number of nitrogens with zero attached hydrogens (tertiary/aromatic N) is 4. The number of aromatic nitrogens is 2. The minimum Gasteiger partial charge on any atom is -0.339 e. The van der Waals surface area contributed by atoms with E-state index >= 15 is 0 Å². The predicted molar refractivity (Wildman–Crippen MR) is 117 cm³/mol. The lowest BCUT2D eigenvalue weighted by Gasteiger charge is -2.35. The van der Waals surface area contributed by atoms with E-state index in [1.165, 1.54) is 17.3 Å². The number of fused-ring (bicyclic) bond motifs is 1. The molecule has 0 bridgehead atoms. The molecule has 1 fully saturated rings. The van der Waals surface area contributed by atoms with Gasteiger partial charge in [0.05, 0.1) is 17.1 Å². The summed E-state index contributed by atoms with van der Waals surface area (Å²) < 4.78 is 13.0. The van der Waals surface area contributed by atoms with Crippen molar-refractivity contribution in [2.75, 3.05) is 24.5 Å². The standard InChI is InChI=1S/C21H18FN5OS2/c22-16-10-23-19(24-11-16)27-12-15-9-25-20(26-18(28)14-5-2-1-3-6-14)30-21(15,13-27)17-7-4-8-29-17/h1-8,10-11,15H,9,12-13H2,(H,25,26,28)/t15-,21-/m0/s1. The van der Waals surface area contributed by atoms with Gasteiger partial charge in [0.2, 0.25) is 5.95 Å². The van der Waals surface area contributed by atoms with E-state index in [-0.39, 0.29) is 16.6 Å². The zero-order valence-corrected chi connectivity index (χ0v) is 17.5. The van der Waals surface area contributed by atoms with Crippen LogP contribution >= 0.6 is 23.1 Å². The number of aliphatic imine (C=N–C) groups is 1. The Morgan fingerprint density at radius 3 is 2.70 bits per heavy atom. The number of halogens is 1. The quantitative estimate of drug-likeness (QED) is 0.676. The number of hydrogen-bond acceptors (Lipinski definition) is 7. The van der Waals surface area contributed by atoms with E-state index in [1.807, 2.05) is 24.3 Å². The number of benzene rings is 1. The highest BCUT2D eigenvalue weighted by Crippen LogP contribution is 2.52. The highest BCUT2D eigenvalue weighted by atomic mass is 32.2. The zero-order chi connectivity index (χ0) is 20.6. The lowest BCUT2D eigenvalue weighted by Crippen LogP contribution is -2.42. The Hall–Kier alpha value is -2.78. The van der Waals surface area contributed by atoms with Gasteiger partial charge in [-0.05, 0) is 23.6 Å². The Morgan fingerprint density at radius 1 is 1.17 bits per heavy atom. The van der Waals surface area contributed by atoms with Crippen LogP contribution in [0.5, 0.6) is 0 Å². The Labute approximate surface area is 181 Å². The molecule has 0 saturated carbocycles. The summed E-state index contributed by atoms with van der Waals surface area (Å²) in [5.41, 5.74) is 0.598. The zero-order valence-electron chi connectivity index (χ0n) is 15.9. The monoisotopic (exact) mass is 439 g/mol. The predicted octanol–water partition coefficient (Wildman–Crippen LogP) is 3.54. The summed E-state index contributed by atoms with van der Waals surface area (Å²) in [5, 5.41) is 5.66. The molecule has 1 N–H and O–H groups in total. The summed E-state index contributed by atoms with van der Waals surface area (Å²) in [5.74, 6) is 0.120. The van der Waals surface area contributed by atoms with Crippen molar-refractivity contribution in [3.63, 3.8) is 0 Å². The number of amidine groups is 1. The molecule has 6 nitrogen and oxygen atoms in total. The van der Waals surface area contributed by atoms with E-state index in [0.717, 1.165) is 6.54 Å². The third-order valence-electron chi connectivity index (χ3n) is 5.34. The second kappa shape index (κ2) is 7.81. The molecule has 4 heterocycles. The number of nitrogens with one attached hydrogen (secondary N) is 1. The summed E-state index contributed by atoms with van der Waals surface area (Å²) in [4.78, 5) is 28.9. The van der Waals surface area contributed by atoms with E-state index in [9.17, 15) is 9.18 Å². The highest BCUT2D eigenvalue weighted by molar-refractivity contribution is 8.14. The van der Waals surface area contributed by atoms with E-state index in [1.54, 1.807) is 35.2 Å². The van der Waals surface area contributed by atoms with Crippen LogP contribution < -0.4 is 10.2 Å². The van der Waals surface area contributed by atoms with Crippen LogP contribution in [0.3, 0.4) is 0 Å². The molecule has 2 aliphatic heterocycles. The first-order chi connectivity index (χ1) is 14.6. The first-order valence-electron chi connectivity index (χ1n) is 9.50. The van der Waals surface area contributed by atoms with Crippen molar-refractivity contribution in [1.29, 1.82) is 0 Å². The van der Waals surface area contributed by atoms with Gasteiger partial charge in [-0.3, -0.25) is 9.79 Å². The van der Waals surface area contributed by atoms with Crippen LogP contribution in [-0.2, 0) is 4.75 Å². The fourth-order valence-corrected chi connectivity index (χ4v) is 6.40. The molecule has 1 amide bonds. The SMILES string of the molecule is O=C(NC1=NC[C@H]2CN(c3ncc(F)cn3)C[C@]2(c2cccs2)S1)c1ccccc1. The number of amides is 1. The Kier molecular flexibility index (Phi) is 5.00. The molecule has 1 saturated heterocycles. The minimum absolute atomic E-state index is 0.168. The number of thioether (sulfide) groups is 1. The van der Waals surface area contributed by atoms with E-state index in [0.29, 0.717) is 29.8 Å². The van der Waals surface area contributed by atoms with Crippen molar-refractivity contribution in [1.82, 2.24) is 15.3 Å². The topological polar surface area (TPSA) is 70.5 Å². The Balaban J connectivity index is 1.42. The molecule has 152 valence electrons. The van der Waals surface area contributed by atoms with Crippen LogP contribution in [0.25, 0.3) is 0 Å². The maximum Gasteiger partial charge on any atom is 0.257 e. The largest absolute Gasteiger partial charge is 0.339 e. The summed E-state index contributed by atoms with van der Waals surface area (Å²) in [6, 6.07) is 13.3. The molecular formula is C21H18FN5OS2. The fraction of sp³-hybridized carbons (Fsp3) is 0.238. The molecule has 0 aliphatic carbocycles. The van der Waals surface area contributed by atoms with Gasteiger partial charge in [0.1, 0.15) is 0 Å². The highest BCUT2D eigenvalue weighted by Gasteiger charge is 2.52. The van der Waals surface area contributed by atoms with Crippen LogP contribution in [0.4, 0.5) is 10.3 Å². The first kappa shape index (κ1) is 19.2. The number of hydrogen-bond donors (Lipinski definition) is 1. The molecule has 0 spiro atoms. The first-order valence-corrected chi connectivity index (χ1v) is 11.2. The van der Waals surface area contributed by atoms with Crippen LogP contribution in [0.2, 0.25) is 0 Å². The summed E-state index contributed by atoms with van der Waals surface area (Å²) in [7, 11) is 0. The molecule has 9 heteroatoms. The minimum atomic E-state index is -0.452. The van der Waals surface area contributed by atoms with Crippen molar-refractivity contribution >= 4 is 40.1 Å². The molecular weight excluding hydrogens is 421 g/mol. The molecule has 2 atom stereocenters. The van der Waals surface area contributed by atoms with Gasteiger partial charge in [-0.2, -0.15) is 0 Å². The van der Waals surface area contributed by atoms with E-state index in [2.05, 4.69) is 36.6 Å². The number of carbonyl (C=O) groups is 1. The van der Waals surface area contributed by atoms with Crippen LogP contribution in [0.1, 0.15) is 15.2 Å². The van der Waals surface area contributed by atoms with Gasteiger partial charge in [0, 0.05) is 36.0 Å². The molecule has 0 radical (unpaired) electrons. The van der Waals surface area contributed by atoms with Crippen molar-refractivity contribution in [3.05, 3.63) is 76.5 Å². The van der Waals surface area contributed by atoms with Gasteiger partial charge >= 0.3 is 0 Å². The fourth-order valence-electron chi connectivity index (χ4n) is 3.90. The van der Waals surface area contributed by atoms with Crippen LogP contribution in [0, 0.1) is 11.7 Å². The van der Waals surface area contributed by atoms with Gasteiger partial charge in [-0.1, -0.05) is 36.0 Å². The average Bonchev–Trinajstić information content (AvgIpc) is 3.43. The molecule has 2 aliphatic rings. The van der Waals surface area contributed by atoms with Crippen molar-refractivity contribution in [2.24, 2.45) is 10.9 Å². The number of carbonyl (C=O) groups excluding carboxylic acids is 1. The van der Waals surface area contributed by atoms with Crippen molar-refractivity contribution in [3.8, 4) is 0 Å². The maximum absolute atomic E-state index is 13.3. The third kappa shape index (κ3) is 3.48. The molecule has 1 aromatic carbocycles. The average molecular weight is 440 g/mol. The maximum atomic E-state index is 13.3. The van der Waals surface area contributed by atoms with Gasteiger partial charge in [0.25, 0.3) is 5.91 Å². The summed E-state index contributed by atoms with van der Waals surface area (Å²) >= 11 is 3.29. The second-order valence-corrected chi connectivity index (χ2v) is 9.48. The number of rotatable bonds is 3. The lowest BCUT2D eigenvalue weighted by atomic mass is 9.93. The molecule has 5 rings (SSSR count). The third-order valence-corrected chi connectivity index (χ3v) is 7.99. The smallest absolute Gasteiger partial charge is 0.257 e. The second-order valence-electron chi connectivity index (χ2n) is 7.21. The van der Waals surface area contributed by atoms with Gasteiger partial charge < -0.3 is 10.2 Å².